The maximum atomic E-state index is 12.9. The lowest BCUT2D eigenvalue weighted by Gasteiger charge is -2.10. The monoisotopic (exact) mass is 383 g/mol. The van der Waals surface area contributed by atoms with E-state index >= 15 is 0 Å². The van der Waals surface area contributed by atoms with Crippen molar-refractivity contribution in [2.24, 2.45) is 0 Å². The molecule has 0 N–H and O–H groups in total. The van der Waals surface area contributed by atoms with Gasteiger partial charge in [-0.25, -0.2) is 0 Å². The molecule has 2 aromatic heterocycles. The van der Waals surface area contributed by atoms with E-state index in [4.69, 9.17) is 16.1 Å². The van der Waals surface area contributed by atoms with Crippen LogP contribution in [0.4, 0.5) is 13.2 Å². The third-order valence-electron chi connectivity index (χ3n) is 3.76. The first-order chi connectivity index (χ1) is 12.3. The number of alkyl halides is 3. The van der Waals surface area contributed by atoms with Crippen LogP contribution in [0.2, 0.25) is 5.02 Å². The fourth-order valence-electron chi connectivity index (χ4n) is 2.34. The van der Waals surface area contributed by atoms with Crippen LogP contribution in [0.5, 0.6) is 0 Å². The molecule has 0 radical (unpaired) electrons. The number of nitrogens with zero attached hydrogens (tertiary/aromatic N) is 3. The average Bonchev–Trinajstić information content (AvgIpc) is 3.06. The Morgan fingerprint density at radius 3 is 2.54 bits per heavy atom. The van der Waals surface area contributed by atoms with Crippen molar-refractivity contribution in [3.8, 4) is 11.4 Å². The Hall–Kier alpha value is -2.61. The molecule has 136 valence electrons. The first-order valence-corrected chi connectivity index (χ1v) is 8.05. The van der Waals surface area contributed by atoms with Crippen LogP contribution in [0.3, 0.4) is 0 Å². The van der Waals surface area contributed by atoms with E-state index in [1.807, 2.05) is 31.2 Å². The molecule has 26 heavy (non-hydrogen) atoms. The zero-order chi connectivity index (χ0) is 18.9. The van der Waals surface area contributed by atoms with E-state index in [0.717, 1.165) is 16.6 Å². The van der Waals surface area contributed by atoms with Gasteiger partial charge in [0.15, 0.2) is 0 Å². The molecule has 0 saturated carbocycles. The van der Waals surface area contributed by atoms with Crippen molar-refractivity contribution in [1.82, 2.24) is 14.7 Å². The molecule has 0 unspecified atom stereocenters. The minimum absolute atomic E-state index is 0.00272. The second kappa shape index (κ2) is 6.95. The summed E-state index contributed by atoms with van der Waals surface area (Å²) in [7, 11) is 0. The van der Waals surface area contributed by atoms with E-state index < -0.39 is 22.3 Å². The van der Waals surface area contributed by atoms with E-state index in [2.05, 4.69) is 10.1 Å². The molecule has 0 atom stereocenters. The molecule has 1 aromatic carbocycles. The standard InChI is InChI=1S/C17H13ClF3N3O2/c1-2-10-3-5-11(6-4-10)15-22-14(26-23-15)9-24-8-12(17(19,20)21)7-13(18)16(24)25/h3-8H,2,9H2,1H3. The maximum absolute atomic E-state index is 12.9. The van der Waals surface area contributed by atoms with Crippen LogP contribution in [-0.2, 0) is 19.1 Å². The third kappa shape index (κ3) is 3.80. The lowest BCUT2D eigenvalue weighted by Crippen LogP contribution is -2.23. The number of pyridine rings is 1. The summed E-state index contributed by atoms with van der Waals surface area (Å²) < 4.78 is 44.5. The van der Waals surface area contributed by atoms with Gasteiger partial charge in [0.25, 0.3) is 5.56 Å². The van der Waals surface area contributed by atoms with Gasteiger partial charge in [-0.15, -0.1) is 0 Å². The van der Waals surface area contributed by atoms with Crippen molar-refractivity contribution in [2.75, 3.05) is 0 Å². The van der Waals surface area contributed by atoms with Crippen LogP contribution in [0.1, 0.15) is 23.9 Å². The summed E-state index contributed by atoms with van der Waals surface area (Å²) in [6, 6.07) is 8.07. The van der Waals surface area contributed by atoms with Crippen molar-refractivity contribution in [1.29, 1.82) is 0 Å². The molecule has 0 fully saturated rings. The summed E-state index contributed by atoms with van der Waals surface area (Å²) in [6.45, 7) is 1.71. The van der Waals surface area contributed by atoms with Gasteiger partial charge < -0.3 is 9.09 Å². The summed E-state index contributed by atoms with van der Waals surface area (Å²) in [5.41, 5.74) is 0.0398. The Morgan fingerprint density at radius 1 is 1.23 bits per heavy atom. The van der Waals surface area contributed by atoms with Crippen LogP contribution in [0.15, 0.2) is 45.8 Å². The summed E-state index contributed by atoms with van der Waals surface area (Å²) in [5.74, 6) is 0.283. The highest BCUT2D eigenvalue weighted by Gasteiger charge is 2.32. The molecular weight excluding hydrogens is 371 g/mol. The van der Waals surface area contributed by atoms with E-state index in [0.29, 0.717) is 17.8 Å². The van der Waals surface area contributed by atoms with Gasteiger partial charge in [0.2, 0.25) is 11.7 Å². The van der Waals surface area contributed by atoms with Gasteiger partial charge in [0.1, 0.15) is 11.6 Å². The van der Waals surface area contributed by atoms with E-state index in [1.54, 1.807) is 0 Å². The highest BCUT2D eigenvalue weighted by Crippen LogP contribution is 2.29. The normalized spacial score (nSPS) is 11.7. The predicted octanol–water partition coefficient (Wildman–Crippen LogP) is 4.18. The number of aromatic nitrogens is 3. The lowest BCUT2D eigenvalue weighted by molar-refractivity contribution is -0.138. The lowest BCUT2D eigenvalue weighted by atomic mass is 10.1. The predicted molar refractivity (Wildman–Crippen MR) is 88.9 cm³/mol. The van der Waals surface area contributed by atoms with E-state index in [9.17, 15) is 18.0 Å². The Bertz CT molecular complexity index is 978. The van der Waals surface area contributed by atoms with Crippen molar-refractivity contribution < 1.29 is 17.7 Å². The summed E-state index contributed by atoms with van der Waals surface area (Å²) in [4.78, 5) is 16.1. The molecule has 0 amide bonds. The van der Waals surface area contributed by atoms with Crippen molar-refractivity contribution in [3.63, 3.8) is 0 Å². The van der Waals surface area contributed by atoms with Crippen molar-refractivity contribution in [2.45, 2.75) is 26.1 Å². The topological polar surface area (TPSA) is 60.9 Å². The zero-order valence-corrected chi connectivity index (χ0v) is 14.3. The molecule has 3 aromatic rings. The number of aryl methyl sites for hydroxylation is 1. The van der Waals surface area contributed by atoms with Gasteiger partial charge in [-0.05, 0) is 18.1 Å². The third-order valence-corrected chi connectivity index (χ3v) is 4.03. The van der Waals surface area contributed by atoms with Crippen LogP contribution >= 0.6 is 11.6 Å². The van der Waals surface area contributed by atoms with Crippen molar-refractivity contribution in [3.05, 3.63) is 68.9 Å². The zero-order valence-electron chi connectivity index (χ0n) is 13.5. The largest absolute Gasteiger partial charge is 0.417 e. The van der Waals surface area contributed by atoms with Gasteiger partial charge >= 0.3 is 6.18 Å². The highest BCUT2D eigenvalue weighted by atomic mass is 35.5. The van der Waals surface area contributed by atoms with Gasteiger partial charge in [0, 0.05) is 11.8 Å². The molecule has 0 saturated heterocycles. The maximum Gasteiger partial charge on any atom is 0.417 e. The fraction of sp³-hybridized carbons (Fsp3) is 0.235. The summed E-state index contributed by atoms with van der Waals surface area (Å²) in [5, 5.41) is 3.27. The Balaban J connectivity index is 1.89. The number of hydrogen-bond donors (Lipinski definition) is 0. The van der Waals surface area contributed by atoms with Crippen LogP contribution in [0.25, 0.3) is 11.4 Å². The molecule has 3 rings (SSSR count). The number of rotatable bonds is 4. The first-order valence-electron chi connectivity index (χ1n) is 7.67. The second-order valence-corrected chi connectivity index (χ2v) is 5.98. The van der Waals surface area contributed by atoms with Crippen molar-refractivity contribution >= 4 is 11.6 Å². The molecule has 2 heterocycles. The Kier molecular flexibility index (Phi) is 4.86. The fourth-order valence-corrected chi connectivity index (χ4v) is 2.57. The highest BCUT2D eigenvalue weighted by molar-refractivity contribution is 6.30. The average molecular weight is 384 g/mol. The first kappa shape index (κ1) is 18.2. The molecular formula is C17H13ClF3N3O2. The molecule has 0 aliphatic heterocycles. The van der Waals surface area contributed by atoms with Crippen LogP contribution in [-0.4, -0.2) is 14.7 Å². The van der Waals surface area contributed by atoms with Gasteiger partial charge in [-0.1, -0.05) is 47.9 Å². The smallest absolute Gasteiger partial charge is 0.337 e. The minimum atomic E-state index is -4.62. The summed E-state index contributed by atoms with van der Waals surface area (Å²) >= 11 is 5.62. The van der Waals surface area contributed by atoms with Crippen LogP contribution < -0.4 is 5.56 Å². The number of halogens is 4. The number of benzene rings is 1. The number of hydrogen-bond acceptors (Lipinski definition) is 4. The molecule has 0 spiro atoms. The Morgan fingerprint density at radius 2 is 1.92 bits per heavy atom. The molecule has 0 aliphatic rings. The van der Waals surface area contributed by atoms with Gasteiger partial charge in [-0.2, -0.15) is 18.2 Å². The SMILES string of the molecule is CCc1ccc(-c2noc(Cn3cc(C(F)(F)F)cc(Cl)c3=O)n2)cc1. The van der Waals surface area contributed by atoms with Gasteiger partial charge in [-0.3, -0.25) is 4.79 Å². The summed E-state index contributed by atoms with van der Waals surface area (Å²) in [6.07, 6.45) is -3.06. The van der Waals surface area contributed by atoms with Gasteiger partial charge in [0.05, 0.1) is 5.56 Å². The Labute approximate surface area is 151 Å². The quantitative estimate of drug-likeness (QED) is 0.678. The molecule has 9 heteroatoms. The molecule has 0 bridgehead atoms. The second-order valence-electron chi connectivity index (χ2n) is 5.57. The molecule has 5 nitrogen and oxygen atoms in total. The molecule has 0 aliphatic carbocycles. The van der Waals surface area contributed by atoms with E-state index in [-0.39, 0.29) is 18.3 Å². The van der Waals surface area contributed by atoms with Crippen LogP contribution in [0, 0.1) is 0 Å². The minimum Gasteiger partial charge on any atom is -0.337 e. The van der Waals surface area contributed by atoms with E-state index in [1.165, 1.54) is 0 Å².